The van der Waals surface area contributed by atoms with Crippen molar-refractivity contribution in [1.29, 1.82) is 0 Å². The molecule has 3 N–H and O–H groups in total. The molecule has 1 unspecified atom stereocenters. The fourth-order valence-corrected chi connectivity index (χ4v) is 2.90. The predicted molar refractivity (Wildman–Crippen MR) is 77.0 cm³/mol. The van der Waals surface area contributed by atoms with Crippen LogP contribution in [0.25, 0.3) is 0 Å². The van der Waals surface area contributed by atoms with Crippen LogP contribution in [0.15, 0.2) is 6.07 Å². The van der Waals surface area contributed by atoms with Crippen molar-refractivity contribution in [1.82, 2.24) is 9.97 Å². The van der Waals surface area contributed by atoms with Gasteiger partial charge in [0.1, 0.15) is 17.5 Å². The summed E-state index contributed by atoms with van der Waals surface area (Å²) in [5, 5.41) is 0. The maximum Gasteiger partial charge on any atom is 0.145 e. The van der Waals surface area contributed by atoms with E-state index in [9.17, 15) is 0 Å². The summed E-state index contributed by atoms with van der Waals surface area (Å²) < 4.78 is 0. The van der Waals surface area contributed by atoms with E-state index in [0.717, 1.165) is 36.5 Å². The van der Waals surface area contributed by atoms with Crippen molar-refractivity contribution in [2.75, 3.05) is 23.4 Å². The highest BCUT2D eigenvalue weighted by Crippen LogP contribution is 2.39. The molecule has 1 saturated heterocycles. The minimum atomic E-state index is 0.557. The minimum absolute atomic E-state index is 0.557. The molecule has 1 aromatic rings. The lowest BCUT2D eigenvalue weighted by Gasteiger charge is -2.19. The van der Waals surface area contributed by atoms with Crippen LogP contribution in [-0.4, -0.2) is 23.1 Å². The molecule has 0 radical (unpaired) electrons. The number of hydrogen-bond donors (Lipinski definition) is 2. The molecule has 2 heterocycles. The molecule has 1 saturated carbocycles. The van der Waals surface area contributed by atoms with Gasteiger partial charge in [-0.15, -0.1) is 0 Å². The Bertz CT molecular complexity index is 443. The second kappa shape index (κ2) is 5.33. The Balaban J connectivity index is 1.78. The van der Waals surface area contributed by atoms with Gasteiger partial charge in [0.15, 0.2) is 0 Å². The highest BCUT2D eigenvalue weighted by molar-refractivity contribution is 5.50. The fourth-order valence-electron chi connectivity index (χ4n) is 2.90. The summed E-state index contributed by atoms with van der Waals surface area (Å²) >= 11 is 0. The SMILES string of the molecule is CCCC1CCN(c2cc(NN)nc(C3CC3)n2)C1. The lowest BCUT2D eigenvalue weighted by Crippen LogP contribution is -2.22. The van der Waals surface area contributed by atoms with Crippen LogP contribution in [0.3, 0.4) is 0 Å². The maximum atomic E-state index is 5.52. The third-order valence-electron chi connectivity index (χ3n) is 4.13. The zero-order chi connectivity index (χ0) is 13.2. The molecule has 1 aliphatic carbocycles. The number of hydrazine groups is 1. The molecule has 104 valence electrons. The molecule has 0 bridgehead atoms. The van der Waals surface area contributed by atoms with Gasteiger partial charge >= 0.3 is 0 Å². The molecule has 0 amide bonds. The van der Waals surface area contributed by atoms with Gasteiger partial charge in [0.25, 0.3) is 0 Å². The number of nitrogens with zero attached hydrogens (tertiary/aromatic N) is 3. The lowest BCUT2D eigenvalue weighted by molar-refractivity contribution is 0.529. The first-order valence-electron chi connectivity index (χ1n) is 7.40. The molecular weight excluding hydrogens is 238 g/mol. The zero-order valence-corrected chi connectivity index (χ0v) is 11.6. The highest BCUT2D eigenvalue weighted by Gasteiger charge is 2.29. The number of aromatic nitrogens is 2. The molecule has 1 aliphatic heterocycles. The first-order chi connectivity index (χ1) is 9.30. The monoisotopic (exact) mass is 261 g/mol. The van der Waals surface area contributed by atoms with E-state index in [1.807, 2.05) is 6.07 Å². The minimum Gasteiger partial charge on any atom is -0.356 e. The van der Waals surface area contributed by atoms with Gasteiger partial charge < -0.3 is 10.3 Å². The van der Waals surface area contributed by atoms with E-state index in [1.54, 1.807) is 0 Å². The summed E-state index contributed by atoms with van der Waals surface area (Å²) in [6.45, 7) is 4.49. The van der Waals surface area contributed by atoms with Crippen molar-refractivity contribution in [3.8, 4) is 0 Å². The van der Waals surface area contributed by atoms with Crippen LogP contribution in [0, 0.1) is 5.92 Å². The average Bonchev–Trinajstić information content (AvgIpc) is 3.19. The smallest absolute Gasteiger partial charge is 0.145 e. The van der Waals surface area contributed by atoms with Gasteiger partial charge in [-0.25, -0.2) is 15.8 Å². The van der Waals surface area contributed by atoms with Crippen LogP contribution in [0.1, 0.15) is 50.8 Å². The van der Waals surface area contributed by atoms with Crippen LogP contribution in [-0.2, 0) is 0 Å². The second-order valence-electron chi connectivity index (χ2n) is 5.78. The van der Waals surface area contributed by atoms with Gasteiger partial charge in [-0.2, -0.15) is 0 Å². The molecule has 2 aliphatic rings. The van der Waals surface area contributed by atoms with Crippen molar-refractivity contribution in [2.45, 2.75) is 44.9 Å². The molecule has 1 atom stereocenters. The topological polar surface area (TPSA) is 67.1 Å². The Morgan fingerprint density at radius 2 is 2.21 bits per heavy atom. The third-order valence-corrected chi connectivity index (χ3v) is 4.13. The second-order valence-corrected chi connectivity index (χ2v) is 5.78. The summed E-state index contributed by atoms with van der Waals surface area (Å²) in [4.78, 5) is 11.6. The Labute approximate surface area is 114 Å². The quantitative estimate of drug-likeness (QED) is 0.628. The highest BCUT2D eigenvalue weighted by atomic mass is 15.3. The van der Waals surface area contributed by atoms with Gasteiger partial charge in [-0.1, -0.05) is 13.3 Å². The Morgan fingerprint density at radius 1 is 1.37 bits per heavy atom. The number of nitrogens with two attached hydrogens (primary N) is 1. The van der Waals surface area contributed by atoms with Gasteiger partial charge in [-0.3, -0.25) is 0 Å². The van der Waals surface area contributed by atoms with Crippen molar-refractivity contribution in [3.63, 3.8) is 0 Å². The van der Waals surface area contributed by atoms with Gasteiger partial charge in [0, 0.05) is 25.1 Å². The summed E-state index contributed by atoms with van der Waals surface area (Å²) in [5.41, 5.74) is 2.67. The van der Waals surface area contributed by atoms with E-state index in [0.29, 0.717) is 5.92 Å². The van der Waals surface area contributed by atoms with Crippen LogP contribution in [0.5, 0.6) is 0 Å². The molecule has 1 aromatic heterocycles. The van der Waals surface area contributed by atoms with E-state index in [4.69, 9.17) is 10.8 Å². The van der Waals surface area contributed by atoms with Gasteiger partial charge in [0.2, 0.25) is 0 Å². The molecule has 5 nitrogen and oxygen atoms in total. The number of nitrogens with one attached hydrogen (secondary N) is 1. The normalized spacial score (nSPS) is 22.8. The van der Waals surface area contributed by atoms with E-state index in [2.05, 4.69) is 22.2 Å². The Kier molecular flexibility index (Phi) is 3.55. The standard InChI is InChI=1S/C14H23N5/c1-2-3-10-6-7-19(9-10)13-8-12(18-15)16-14(17-13)11-4-5-11/h8,10-11H,2-7,9,15H2,1H3,(H,16,17,18). The van der Waals surface area contributed by atoms with E-state index < -0.39 is 0 Å². The van der Waals surface area contributed by atoms with Gasteiger partial charge in [-0.05, 0) is 31.6 Å². The average molecular weight is 261 g/mol. The molecule has 5 heteroatoms. The number of hydrogen-bond acceptors (Lipinski definition) is 5. The Morgan fingerprint density at radius 3 is 2.89 bits per heavy atom. The zero-order valence-electron chi connectivity index (χ0n) is 11.6. The molecule has 3 rings (SSSR count). The largest absolute Gasteiger partial charge is 0.356 e. The number of rotatable bonds is 5. The number of anilines is 2. The van der Waals surface area contributed by atoms with Crippen LogP contribution >= 0.6 is 0 Å². The molecule has 2 fully saturated rings. The third kappa shape index (κ3) is 2.81. The predicted octanol–water partition coefficient (Wildman–Crippen LogP) is 2.27. The number of nitrogen functional groups attached to an aromatic ring is 1. The molecular formula is C14H23N5. The van der Waals surface area contributed by atoms with Crippen molar-refractivity contribution >= 4 is 11.6 Å². The van der Waals surface area contributed by atoms with E-state index >= 15 is 0 Å². The van der Waals surface area contributed by atoms with Crippen LogP contribution < -0.4 is 16.2 Å². The maximum absolute atomic E-state index is 5.52. The molecule has 0 spiro atoms. The lowest BCUT2D eigenvalue weighted by atomic mass is 10.0. The fraction of sp³-hybridized carbons (Fsp3) is 0.714. The molecule has 19 heavy (non-hydrogen) atoms. The molecule has 0 aromatic carbocycles. The van der Waals surface area contributed by atoms with Crippen LogP contribution in [0.2, 0.25) is 0 Å². The van der Waals surface area contributed by atoms with E-state index in [-0.39, 0.29) is 0 Å². The van der Waals surface area contributed by atoms with Crippen LogP contribution in [0.4, 0.5) is 11.6 Å². The summed E-state index contributed by atoms with van der Waals surface area (Å²) in [7, 11) is 0. The Hall–Kier alpha value is -1.36. The van der Waals surface area contributed by atoms with E-state index in [1.165, 1.54) is 32.1 Å². The summed E-state index contributed by atoms with van der Waals surface area (Å²) in [6.07, 6.45) is 6.30. The van der Waals surface area contributed by atoms with Crippen molar-refractivity contribution in [3.05, 3.63) is 11.9 Å². The first-order valence-corrected chi connectivity index (χ1v) is 7.40. The summed E-state index contributed by atoms with van der Waals surface area (Å²) in [5.74, 6) is 9.65. The van der Waals surface area contributed by atoms with Crippen molar-refractivity contribution < 1.29 is 0 Å². The van der Waals surface area contributed by atoms with Crippen molar-refractivity contribution in [2.24, 2.45) is 11.8 Å². The summed E-state index contributed by atoms with van der Waals surface area (Å²) in [6, 6.07) is 1.97. The first kappa shape index (κ1) is 12.7. The van der Waals surface area contributed by atoms with Gasteiger partial charge in [0.05, 0.1) is 0 Å².